The molecule has 112 heavy (non-hydrogen) atoms. The van der Waals surface area contributed by atoms with E-state index in [4.69, 9.17) is 60.3 Å². The second-order valence-electron chi connectivity index (χ2n) is 46.3. The van der Waals surface area contributed by atoms with E-state index >= 15 is 0 Å². The van der Waals surface area contributed by atoms with Gasteiger partial charge in [-0.25, -0.2) is 0 Å². The van der Waals surface area contributed by atoms with Gasteiger partial charge in [0.05, 0.1) is 109 Å². The summed E-state index contributed by atoms with van der Waals surface area (Å²) in [6.07, 6.45) is 11.8. The van der Waals surface area contributed by atoms with Crippen LogP contribution in [-0.4, -0.2) is 182 Å². The smallest absolute Gasteiger partial charge is 0.311 e. The summed E-state index contributed by atoms with van der Waals surface area (Å²) in [5, 5.41) is 23.9. The zero-order valence-electron chi connectivity index (χ0n) is 75.3. The predicted octanol–water partition coefficient (Wildman–Crippen LogP) is 18.0. The molecule has 1 amide bonds. The molecule has 4 spiro atoms. The molecular weight excluding hydrogens is 1480 g/mol. The van der Waals surface area contributed by atoms with Crippen molar-refractivity contribution in [2.75, 3.05) is 73.2 Å². The van der Waals surface area contributed by atoms with Gasteiger partial charge in [-0.15, -0.1) is 0 Å². The van der Waals surface area contributed by atoms with E-state index in [0.717, 1.165) is 115 Å². The Balaban J connectivity index is 0.000000160. The van der Waals surface area contributed by atoms with Crippen molar-refractivity contribution in [2.24, 2.45) is 92.7 Å². The highest BCUT2D eigenvalue weighted by molar-refractivity contribution is 6.75. The van der Waals surface area contributed by atoms with Crippen LogP contribution < -0.4 is 5.32 Å². The number of aliphatic hydroxyl groups excluding tert-OH is 2. The number of carbonyl (C=O) groups is 3. The molecule has 17 atom stereocenters. The van der Waals surface area contributed by atoms with Crippen LogP contribution in [0.25, 0.3) is 0 Å². The number of hydrogen-bond donors (Lipinski definition) is 3. The highest BCUT2D eigenvalue weighted by Gasteiger charge is 2.65. The van der Waals surface area contributed by atoms with Crippen LogP contribution in [0.1, 0.15) is 227 Å². The summed E-state index contributed by atoms with van der Waals surface area (Å²) in [6.45, 7) is 68.5. The molecule has 23 heteroatoms. The number of hydrogen-bond acceptors (Lipinski definition) is 18. The van der Waals surface area contributed by atoms with E-state index in [1.807, 2.05) is 30.3 Å². The molecule has 0 aromatic heterocycles. The molecule has 642 valence electrons. The number of fused-ring (bicyclic) bond motifs is 4. The number of ether oxygens (including phenoxy) is 9. The summed E-state index contributed by atoms with van der Waals surface area (Å²) >= 11 is 0. The van der Waals surface area contributed by atoms with Crippen LogP contribution in [0.4, 0.5) is 0 Å². The number of nitrogens with one attached hydrogen (secondary N) is 1. The molecule has 13 rings (SSSR count). The molecule has 4 saturated heterocycles. The Morgan fingerprint density at radius 1 is 0.446 bits per heavy atom. The molecule has 3 N–H and O–H groups in total. The summed E-state index contributed by atoms with van der Waals surface area (Å²) in [4.78, 5) is 38.5. The minimum Gasteiger partial charge on any atom is -0.469 e. The van der Waals surface area contributed by atoms with Gasteiger partial charge in [0.25, 0.3) is 0 Å². The molecule has 12 aliphatic rings. The lowest BCUT2D eigenvalue weighted by atomic mass is 9.89. The van der Waals surface area contributed by atoms with Crippen molar-refractivity contribution < 1.29 is 84.9 Å². The number of aliphatic hydroxyl groups is 2. The van der Waals surface area contributed by atoms with Gasteiger partial charge >= 0.3 is 5.97 Å². The SMILES string of the molecule is CC1(C)COC2(C[C@H]3C[C@@H](O[Si](C)(C)C(C)(C)C)[C@H](C(=O)N[C@@H](CO)c4ccccc4)[C@H]3C2)OC1.CC1(C)COC2(C[C@H]3C[C@@H](O[Si](C)(C)C(C)(C)C)[C@H](C=O)[C@H]3C2)OC1.CC1(C)COC2(C[C@H]3C[C@@H](O[Si](C)(C)C(C)(C)C)[C@H](CO)[C@H]3C2)OC1.COC(=O)[C@@H]1[C@H]2CC3(C[C@H]2C[C@H]1O[Si](C)(C)C(C)(C)C)OCC(C)(C)CO3. The number of carbonyl (C=O) groups excluding carboxylic acids is 3. The Labute approximate surface area is 681 Å². The van der Waals surface area contributed by atoms with Gasteiger partial charge in [-0.05, 0) is 151 Å². The molecular formula is C89H157NO18Si4. The third kappa shape index (κ3) is 20.5. The summed E-state index contributed by atoms with van der Waals surface area (Å²) in [5.41, 5.74) is 1.16. The zero-order valence-corrected chi connectivity index (χ0v) is 79.3. The van der Waals surface area contributed by atoms with Gasteiger partial charge in [0.2, 0.25) is 5.91 Å². The number of benzene rings is 1. The number of methoxy groups -OCH3 is 1. The van der Waals surface area contributed by atoms with Crippen LogP contribution in [0.3, 0.4) is 0 Å². The number of amides is 1. The molecule has 8 aliphatic carbocycles. The summed E-state index contributed by atoms with van der Waals surface area (Å²) in [5.74, 6) is 0.496. The third-order valence-electron chi connectivity index (χ3n) is 30.4. The monoisotopic (exact) mass is 1640 g/mol. The second-order valence-corrected chi connectivity index (χ2v) is 65.4. The lowest BCUT2D eigenvalue weighted by molar-refractivity contribution is -0.298. The van der Waals surface area contributed by atoms with Crippen LogP contribution in [0.2, 0.25) is 72.5 Å². The molecule has 1 aromatic carbocycles. The normalized spacial score (nSPS) is 34.8. The van der Waals surface area contributed by atoms with Gasteiger partial charge in [0.15, 0.2) is 56.4 Å². The highest BCUT2D eigenvalue weighted by atomic mass is 28.4. The Morgan fingerprint density at radius 3 is 1.08 bits per heavy atom. The first-order valence-corrected chi connectivity index (χ1v) is 54.9. The van der Waals surface area contributed by atoms with E-state index in [0.29, 0.717) is 61.9 Å². The van der Waals surface area contributed by atoms with Gasteiger partial charge in [-0.3, -0.25) is 9.59 Å². The fourth-order valence-electron chi connectivity index (χ4n) is 19.5. The number of esters is 1. The van der Waals surface area contributed by atoms with Gasteiger partial charge < -0.3 is 80.7 Å². The van der Waals surface area contributed by atoms with Gasteiger partial charge in [-0.2, -0.15) is 0 Å². The summed E-state index contributed by atoms with van der Waals surface area (Å²) in [6, 6.07) is 9.25. The average Bonchev–Trinajstić information content (AvgIpc) is 1.59. The van der Waals surface area contributed by atoms with Crippen molar-refractivity contribution in [1.82, 2.24) is 5.32 Å². The quantitative estimate of drug-likeness (QED) is 0.0843. The van der Waals surface area contributed by atoms with E-state index in [1.54, 1.807) is 0 Å². The Kier molecular flexibility index (Phi) is 27.4. The van der Waals surface area contributed by atoms with E-state index in [2.05, 4.69) is 196 Å². The largest absolute Gasteiger partial charge is 0.469 e. The fourth-order valence-corrected chi connectivity index (χ4v) is 24.9. The van der Waals surface area contributed by atoms with Crippen LogP contribution in [-0.2, 0) is 74.7 Å². The van der Waals surface area contributed by atoms with Crippen molar-refractivity contribution in [1.29, 1.82) is 0 Å². The molecule has 0 unspecified atom stereocenters. The first kappa shape index (κ1) is 92.4. The Morgan fingerprint density at radius 2 is 0.741 bits per heavy atom. The van der Waals surface area contributed by atoms with Crippen LogP contribution in [0.5, 0.6) is 0 Å². The summed E-state index contributed by atoms with van der Waals surface area (Å²) in [7, 11) is -6.23. The minimum atomic E-state index is -2.08. The van der Waals surface area contributed by atoms with Gasteiger partial charge in [0.1, 0.15) is 6.29 Å². The van der Waals surface area contributed by atoms with Crippen molar-refractivity contribution in [3.8, 4) is 0 Å². The van der Waals surface area contributed by atoms with Crippen LogP contribution in [0.15, 0.2) is 30.3 Å². The van der Waals surface area contributed by atoms with E-state index in [-0.39, 0.29) is 127 Å². The molecule has 19 nitrogen and oxygen atoms in total. The van der Waals surface area contributed by atoms with Crippen LogP contribution in [0, 0.1) is 92.7 Å². The number of aldehydes is 1. The predicted molar refractivity (Wildman–Crippen MR) is 449 cm³/mol. The Hall–Kier alpha value is -1.86. The van der Waals surface area contributed by atoms with E-state index < -0.39 is 62.5 Å². The van der Waals surface area contributed by atoms with Crippen molar-refractivity contribution in [3.05, 3.63) is 35.9 Å². The van der Waals surface area contributed by atoms with Crippen molar-refractivity contribution >= 4 is 51.4 Å². The minimum absolute atomic E-state index is 0.0116. The Bertz CT molecular complexity index is 3310. The van der Waals surface area contributed by atoms with Crippen molar-refractivity contribution in [2.45, 2.75) is 342 Å². The molecule has 1 aromatic rings. The lowest BCUT2D eigenvalue weighted by Crippen LogP contribution is -2.50. The maximum atomic E-state index is 13.9. The fraction of sp³-hybridized carbons (Fsp3) is 0.899. The van der Waals surface area contributed by atoms with Crippen molar-refractivity contribution in [3.63, 3.8) is 0 Å². The maximum absolute atomic E-state index is 13.9. The summed E-state index contributed by atoms with van der Waals surface area (Å²) < 4.78 is 82.1. The second kappa shape index (κ2) is 33.2. The van der Waals surface area contributed by atoms with E-state index in [9.17, 15) is 24.6 Å². The van der Waals surface area contributed by atoms with E-state index in [1.165, 1.54) is 7.11 Å². The molecule has 0 bridgehead atoms. The average molecular weight is 1640 g/mol. The maximum Gasteiger partial charge on any atom is 0.311 e. The molecule has 8 saturated carbocycles. The molecule has 4 aliphatic heterocycles. The van der Waals surface area contributed by atoms with Gasteiger partial charge in [0, 0.05) is 91.5 Å². The molecule has 4 heterocycles. The first-order valence-electron chi connectivity index (χ1n) is 43.2. The topological polar surface area (TPSA) is 224 Å². The standard InChI is InChI=1S/C28H45NO5Si.C21H38O5Si.C20H38O4Si.C20H36O4Si/c1-26(2,3)35(6,7)34-23-13-20-14-28(32-17-27(4,5)18-33-28)15-21(20)24(23)25(31)29-22(16-30)19-11-9-8-10-12-19;1-19(2,3)27(7,8)26-16-9-14-10-21(24-12-20(4,5)13-25-21)11-15(14)17(16)18(22)23-6;2*1-18(2,3)25(6,7)24-17-8-14-9-20(10-15(14)16(17)11-21)22-12-19(4,5)13-23-20/h8-12,20-24,30H,13-18H2,1-7H3,(H,29,31);14-17H,9-13H2,1-8H3;14-17,21H,8-13H2,1-7H3;11,14-17H,8-10,12-13H2,1-7H3/t20-,21+,22+,23-,24-;3*14-,15+,16-,17-/m1111/s1. The first-order chi connectivity index (χ1) is 51.3. The zero-order chi connectivity index (χ0) is 83.2. The lowest BCUT2D eigenvalue weighted by Gasteiger charge is -2.43. The third-order valence-corrected chi connectivity index (χ3v) is 48.4. The molecule has 12 fully saturated rings. The van der Waals surface area contributed by atoms with Gasteiger partial charge in [-0.1, -0.05) is 169 Å². The number of rotatable bonds is 15. The highest BCUT2D eigenvalue weighted by Crippen LogP contribution is 2.62. The van der Waals surface area contributed by atoms with Crippen LogP contribution >= 0.6 is 0 Å². The molecule has 0 radical (unpaired) electrons.